The number of carbonyl (C=O) groups is 1. The molecule has 0 fully saturated rings. The number of nitrogens with one attached hydrogen (secondary N) is 2. The van der Waals surface area contributed by atoms with Gasteiger partial charge in [0.2, 0.25) is 0 Å². The van der Waals surface area contributed by atoms with Crippen LogP contribution in [0.5, 0.6) is 11.5 Å². The van der Waals surface area contributed by atoms with E-state index < -0.39 is 5.54 Å². The van der Waals surface area contributed by atoms with E-state index in [1.807, 2.05) is 44.2 Å². The molecule has 0 aliphatic heterocycles. The van der Waals surface area contributed by atoms with Crippen molar-refractivity contribution in [1.29, 1.82) is 0 Å². The summed E-state index contributed by atoms with van der Waals surface area (Å²) >= 11 is 0. The van der Waals surface area contributed by atoms with E-state index in [1.165, 1.54) is 12.1 Å². The number of rotatable bonds is 5. The number of urea groups is 1. The molecule has 0 saturated heterocycles. The standard InChI is InChI=1S/C22H21FN2O2/c1-22(2,16-8-10-17(23)11-9-16)25-21(26)24-18-12-14-20(15-13-18)27-19-6-4-3-5-7-19/h3-15H,1-2H3,(H2,24,25,26). The molecule has 0 aromatic heterocycles. The highest BCUT2D eigenvalue weighted by Gasteiger charge is 2.22. The van der Waals surface area contributed by atoms with Crippen LogP contribution in [-0.4, -0.2) is 6.03 Å². The minimum atomic E-state index is -0.645. The third kappa shape index (κ3) is 5.07. The van der Waals surface area contributed by atoms with Crippen molar-refractivity contribution in [2.24, 2.45) is 0 Å². The van der Waals surface area contributed by atoms with Crippen LogP contribution in [0.3, 0.4) is 0 Å². The average molecular weight is 364 g/mol. The second-order valence-electron chi connectivity index (χ2n) is 6.65. The van der Waals surface area contributed by atoms with Crippen LogP contribution >= 0.6 is 0 Å². The lowest BCUT2D eigenvalue weighted by Crippen LogP contribution is -2.43. The van der Waals surface area contributed by atoms with Crippen LogP contribution in [0.15, 0.2) is 78.9 Å². The summed E-state index contributed by atoms with van der Waals surface area (Å²) in [6.07, 6.45) is 0. The molecule has 0 spiro atoms. The lowest BCUT2D eigenvalue weighted by Gasteiger charge is -2.27. The first-order valence-electron chi connectivity index (χ1n) is 8.60. The van der Waals surface area contributed by atoms with Crippen LogP contribution < -0.4 is 15.4 Å². The number of amides is 2. The van der Waals surface area contributed by atoms with Crippen molar-refractivity contribution in [1.82, 2.24) is 5.32 Å². The van der Waals surface area contributed by atoms with E-state index in [0.717, 1.165) is 11.3 Å². The van der Waals surface area contributed by atoms with Crippen LogP contribution in [-0.2, 0) is 5.54 Å². The Hall–Kier alpha value is -3.34. The summed E-state index contributed by atoms with van der Waals surface area (Å²) in [7, 11) is 0. The Morgan fingerprint density at radius 1 is 0.852 bits per heavy atom. The summed E-state index contributed by atoms with van der Waals surface area (Å²) in [5.74, 6) is 1.12. The molecule has 3 aromatic rings. The fraction of sp³-hybridized carbons (Fsp3) is 0.136. The summed E-state index contributed by atoms with van der Waals surface area (Å²) < 4.78 is 18.8. The van der Waals surface area contributed by atoms with E-state index in [0.29, 0.717) is 11.4 Å². The Labute approximate surface area is 158 Å². The predicted molar refractivity (Wildman–Crippen MR) is 105 cm³/mol. The summed E-state index contributed by atoms with van der Waals surface area (Å²) in [5.41, 5.74) is 0.808. The number of carbonyl (C=O) groups excluding carboxylic acids is 1. The van der Waals surface area contributed by atoms with Gasteiger partial charge in [-0.2, -0.15) is 0 Å². The number of para-hydroxylation sites is 1. The molecule has 0 unspecified atom stereocenters. The van der Waals surface area contributed by atoms with Gasteiger partial charge < -0.3 is 15.4 Å². The van der Waals surface area contributed by atoms with Crippen molar-refractivity contribution in [3.8, 4) is 11.5 Å². The molecule has 5 heteroatoms. The quantitative estimate of drug-likeness (QED) is 0.612. The highest BCUT2D eigenvalue weighted by Crippen LogP contribution is 2.23. The Bertz CT molecular complexity index is 892. The van der Waals surface area contributed by atoms with Gasteiger partial charge in [-0.15, -0.1) is 0 Å². The maximum absolute atomic E-state index is 13.1. The van der Waals surface area contributed by atoms with Gasteiger partial charge in [-0.25, -0.2) is 9.18 Å². The molecule has 138 valence electrons. The molecule has 4 nitrogen and oxygen atoms in total. The van der Waals surface area contributed by atoms with Gasteiger partial charge >= 0.3 is 6.03 Å². The van der Waals surface area contributed by atoms with Gasteiger partial charge in [-0.3, -0.25) is 0 Å². The molecule has 0 radical (unpaired) electrons. The number of hydrogen-bond acceptors (Lipinski definition) is 2. The van der Waals surface area contributed by atoms with Gasteiger partial charge in [0.1, 0.15) is 17.3 Å². The Morgan fingerprint density at radius 3 is 2.07 bits per heavy atom. The molecule has 0 aliphatic rings. The Kier molecular flexibility index (Phi) is 5.41. The van der Waals surface area contributed by atoms with Gasteiger partial charge in [0.05, 0.1) is 5.54 Å². The molecule has 0 bridgehead atoms. The Morgan fingerprint density at radius 2 is 1.44 bits per heavy atom. The molecule has 2 amide bonds. The first kappa shape index (κ1) is 18.5. The van der Waals surface area contributed by atoms with Crippen LogP contribution in [0.4, 0.5) is 14.9 Å². The van der Waals surface area contributed by atoms with Gasteiger partial charge in [-0.1, -0.05) is 30.3 Å². The fourth-order valence-electron chi connectivity index (χ4n) is 2.62. The molecule has 0 saturated carbocycles. The second-order valence-corrected chi connectivity index (χ2v) is 6.65. The molecule has 0 atom stereocenters. The largest absolute Gasteiger partial charge is 0.457 e. The highest BCUT2D eigenvalue weighted by molar-refractivity contribution is 5.89. The SMILES string of the molecule is CC(C)(NC(=O)Nc1ccc(Oc2ccccc2)cc1)c1ccc(F)cc1. The number of anilines is 1. The maximum Gasteiger partial charge on any atom is 0.319 e. The summed E-state index contributed by atoms with van der Waals surface area (Å²) in [4.78, 5) is 12.3. The summed E-state index contributed by atoms with van der Waals surface area (Å²) in [6.45, 7) is 3.72. The van der Waals surface area contributed by atoms with Gasteiger partial charge in [0.15, 0.2) is 0 Å². The van der Waals surface area contributed by atoms with Crippen molar-refractivity contribution >= 4 is 11.7 Å². The first-order valence-corrected chi connectivity index (χ1v) is 8.60. The van der Waals surface area contributed by atoms with Crippen LogP contribution in [0.2, 0.25) is 0 Å². The van der Waals surface area contributed by atoms with Crippen LogP contribution in [0.25, 0.3) is 0 Å². The van der Waals surface area contributed by atoms with Gasteiger partial charge in [-0.05, 0) is 67.9 Å². The normalized spacial score (nSPS) is 10.9. The predicted octanol–water partition coefficient (Wildman–Crippen LogP) is 5.67. The third-order valence-electron chi connectivity index (χ3n) is 4.08. The summed E-state index contributed by atoms with van der Waals surface area (Å²) in [5, 5.41) is 5.68. The minimum Gasteiger partial charge on any atom is -0.457 e. The van der Waals surface area contributed by atoms with E-state index in [1.54, 1.807) is 36.4 Å². The number of halogens is 1. The maximum atomic E-state index is 13.1. The lowest BCUT2D eigenvalue weighted by atomic mass is 9.94. The zero-order valence-corrected chi connectivity index (χ0v) is 15.2. The van der Waals surface area contributed by atoms with Crippen molar-refractivity contribution in [3.63, 3.8) is 0 Å². The van der Waals surface area contributed by atoms with E-state index >= 15 is 0 Å². The van der Waals surface area contributed by atoms with Crippen molar-refractivity contribution in [2.75, 3.05) is 5.32 Å². The molecular weight excluding hydrogens is 343 g/mol. The smallest absolute Gasteiger partial charge is 0.319 e. The van der Waals surface area contributed by atoms with Crippen LogP contribution in [0, 0.1) is 5.82 Å². The van der Waals surface area contributed by atoms with Crippen molar-refractivity contribution < 1.29 is 13.9 Å². The Balaban J connectivity index is 1.59. The number of ether oxygens (including phenoxy) is 1. The molecule has 3 rings (SSSR count). The first-order chi connectivity index (χ1) is 12.9. The second kappa shape index (κ2) is 7.91. The van der Waals surface area contributed by atoms with Gasteiger partial charge in [0.25, 0.3) is 0 Å². The average Bonchev–Trinajstić information content (AvgIpc) is 2.64. The zero-order valence-electron chi connectivity index (χ0n) is 15.2. The lowest BCUT2D eigenvalue weighted by molar-refractivity contribution is 0.242. The van der Waals surface area contributed by atoms with E-state index in [4.69, 9.17) is 4.74 Å². The minimum absolute atomic E-state index is 0.309. The zero-order chi connectivity index (χ0) is 19.3. The highest BCUT2D eigenvalue weighted by atomic mass is 19.1. The topological polar surface area (TPSA) is 50.4 Å². The molecule has 27 heavy (non-hydrogen) atoms. The summed E-state index contributed by atoms with van der Waals surface area (Å²) in [6, 6.07) is 22.3. The molecule has 0 heterocycles. The van der Waals surface area contributed by atoms with Crippen LogP contribution in [0.1, 0.15) is 19.4 Å². The van der Waals surface area contributed by atoms with E-state index in [-0.39, 0.29) is 11.8 Å². The third-order valence-corrected chi connectivity index (χ3v) is 4.08. The molecule has 2 N–H and O–H groups in total. The molecule has 3 aromatic carbocycles. The number of benzene rings is 3. The van der Waals surface area contributed by atoms with E-state index in [2.05, 4.69) is 10.6 Å². The monoisotopic (exact) mass is 364 g/mol. The van der Waals surface area contributed by atoms with Gasteiger partial charge in [0, 0.05) is 5.69 Å². The number of hydrogen-bond donors (Lipinski definition) is 2. The molecule has 0 aliphatic carbocycles. The van der Waals surface area contributed by atoms with Crippen molar-refractivity contribution in [3.05, 3.63) is 90.2 Å². The van der Waals surface area contributed by atoms with E-state index in [9.17, 15) is 9.18 Å². The fourth-order valence-corrected chi connectivity index (χ4v) is 2.62. The molecular formula is C22H21FN2O2. The van der Waals surface area contributed by atoms with Crippen molar-refractivity contribution in [2.45, 2.75) is 19.4 Å².